The van der Waals surface area contributed by atoms with Crippen LogP contribution in [0.3, 0.4) is 0 Å². The van der Waals surface area contributed by atoms with Gasteiger partial charge < -0.3 is 20.1 Å². The van der Waals surface area contributed by atoms with Crippen molar-refractivity contribution in [2.24, 2.45) is 0 Å². The Hall–Kier alpha value is -3.38. The molecule has 2 amide bonds. The van der Waals surface area contributed by atoms with Crippen molar-refractivity contribution >= 4 is 11.7 Å². The molecule has 0 aliphatic carbocycles. The number of nitrogens with zero attached hydrogens (tertiary/aromatic N) is 2. The molecule has 0 spiro atoms. The molecule has 0 bridgehead atoms. The molecular formula is C22H23N3O3. The fourth-order valence-corrected chi connectivity index (χ4v) is 2.66. The monoisotopic (exact) mass is 377 g/mol. The Labute approximate surface area is 164 Å². The van der Waals surface area contributed by atoms with Gasteiger partial charge in [-0.3, -0.25) is 4.98 Å². The molecule has 0 radical (unpaired) electrons. The third-order valence-electron chi connectivity index (χ3n) is 4.08. The van der Waals surface area contributed by atoms with Gasteiger partial charge in [0.25, 0.3) is 0 Å². The van der Waals surface area contributed by atoms with E-state index in [4.69, 9.17) is 9.84 Å². The van der Waals surface area contributed by atoms with E-state index in [2.05, 4.69) is 10.3 Å². The Balaban J connectivity index is 1.62. The predicted octanol–water partition coefficient (Wildman–Crippen LogP) is 4.29. The number of aromatic nitrogens is 1. The quantitative estimate of drug-likeness (QED) is 0.614. The van der Waals surface area contributed by atoms with Crippen molar-refractivity contribution < 1.29 is 14.6 Å². The van der Waals surface area contributed by atoms with Crippen LogP contribution in [0, 0.1) is 0 Å². The second-order valence-corrected chi connectivity index (χ2v) is 6.22. The number of pyridine rings is 1. The lowest BCUT2D eigenvalue weighted by Gasteiger charge is -2.23. The smallest absolute Gasteiger partial charge is 0.322 e. The number of amides is 2. The highest BCUT2D eigenvalue weighted by molar-refractivity contribution is 5.89. The van der Waals surface area contributed by atoms with Crippen molar-refractivity contribution in [2.75, 3.05) is 18.5 Å². The summed E-state index contributed by atoms with van der Waals surface area (Å²) in [5, 5.41) is 12.0. The highest BCUT2D eigenvalue weighted by atomic mass is 16.5. The van der Waals surface area contributed by atoms with Gasteiger partial charge in [-0.15, -0.1) is 0 Å². The molecule has 0 unspecified atom stereocenters. The van der Waals surface area contributed by atoms with Gasteiger partial charge in [-0.05, 0) is 60.5 Å². The van der Waals surface area contributed by atoms with Crippen molar-refractivity contribution in [3.63, 3.8) is 0 Å². The summed E-state index contributed by atoms with van der Waals surface area (Å²) in [6, 6.07) is 20.3. The second-order valence-electron chi connectivity index (χ2n) is 6.22. The van der Waals surface area contributed by atoms with Gasteiger partial charge in [0.1, 0.15) is 11.5 Å². The first-order valence-electron chi connectivity index (χ1n) is 9.13. The van der Waals surface area contributed by atoms with Crippen LogP contribution in [0.4, 0.5) is 10.5 Å². The number of aliphatic hydroxyl groups is 1. The zero-order valence-electron chi connectivity index (χ0n) is 15.5. The van der Waals surface area contributed by atoms with E-state index in [1.54, 1.807) is 29.4 Å². The molecule has 1 heterocycles. The van der Waals surface area contributed by atoms with Gasteiger partial charge in [-0.1, -0.05) is 18.2 Å². The number of carbonyl (C=O) groups is 1. The van der Waals surface area contributed by atoms with Crippen LogP contribution in [0.5, 0.6) is 11.5 Å². The topological polar surface area (TPSA) is 74.7 Å². The van der Waals surface area contributed by atoms with Gasteiger partial charge in [0.2, 0.25) is 0 Å². The zero-order chi connectivity index (χ0) is 19.6. The Bertz CT molecular complexity index is 855. The molecule has 0 aliphatic heterocycles. The number of hydrogen-bond donors (Lipinski definition) is 2. The average molecular weight is 377 g/mol. The summed E-state index contributed by atoms with van der Waals surface area (Å²) in [6.07, 6.45) is 3.91. The molecule has 144 valence electrons. The van der Waals surface area contributed by atoms with Crippen LogP contribution in [-0.4, -0.2) is 34.2 Å². The normalized spacial score (nSPS) is 10.3. The van der Waals surface area contributed by atoms with Crippen molar-refractivity contribution in [3.8, 4) is 11.5 Å². The van der Waals surface area contributed by atoms with E-state index in [1.165, 1.54) is 0 Å². The summed E-state index contributed by atoms with van der Waals surface area (Å²) in [4.78, 5) is 18.3. The first-order valence-corrected chi connectivity index (χ1v) is 9.13. The highest BCUT2D eigenvalue weighted by Crippen LogP contribution is 2.22. The fraction of sp³-hybridized carbons (Fsp3) is 0.182. The number of nitrogens with one attached hydrogen (secondary N) is 1. The third kappa shape index (κ3) is 5.82. The average Bonchev–Trinajstić information content (AvgIpc) is 2.74. The first kappa shape index (κ1) is 19.4. The molecule has 0 saturated carbocycles. The summed E-state index contributed by atoms with van der Waals surface area (Å²) < 4.78 is 5.76. The molecule has 0 fully saturated rings. The van der Waals surface area contributed by atoms with E-state index < -0.39 is 0 Å². The van der Waals surface area contributed by atoms with Crippen molar-refractivity contribution in [1.82, 2.24) is 9.88 Å². The molecule has 3 aromatic rings. The van der Waals surface area contributed by atoms with E-state index in [0.717, 1.165) is 11.3 Å². The van der Waals surface area contributed by atoms with Crippen LogP contribution in [0.15, 0.2) is 79.1 Å². The predicted molar refractivity (Wildman–Crippen MR) is 108 cm³/mol. The van der Waals surface area contributed by atoms with Crippen LogP contribution < -0.4 is 10.1 Å². The first-order chi connectivity index (χ1) is 13.7. The molecule has 2 N–H and O–H groups in total. The highest BCUT2D eigenvalue weighted by Gasteiger charge is 2.14. The number of anilines is 1. The maximum atomic E-state index is 12.7. The van der Waals surface area contributed by atoms with Gasteiger partial charge in [-0.2, -0.15) is 0 Å². The number of carbonyl (C=O) groups excluding carboxylic acids is 1. The van der Waals surface area contributed by atoms with E-state index in [1.807, 2.05) is 54.6 Å². The number of urea groups is 1. The Kier molecular flexibility index (Phi) is 6.98. The number of rotatable bonds is 8. The minimum absolute atomic E-state index is 0.0334. The third-order valence-corrected chi connectivity index (χ3v) is 4.08. The molecule has 0 saturated heterocycles. The zero-order valence-corrected chi connectivity index (χ0v) is 15.5. The summed E-state index contributed by atoms with van der Waals surface area (Å²) in [5.41, 5.74) is 1.66. The standard InChI is InChI=1S/C22H23N3O3/c26-16-4-15-25(17-18-11-13-23-14-12-18)22(27)24-19-7-9-21(10-8-19)28-20-5-2-1-3-6-20/h1-3,5-14,26H,4,15-17H2,(H,24,27). The molecule has 0 aliphatic rings. The molecule has 28 heavy (non-hydrogen) atoms. The second kappa shape index (κ2) is 10.1. The lowest BCUT2D eigenvalue weighted by molar-refractivity contribution is 0.199. The minimum Gasteiger partial charge on any atom is -0.457 e. The summed E-state index contributed by atoms with van der Waals surface area (Å²) in [7, 11) is 0. The lowest BCUT2D eigenvalue weighted by Crippen LogP contribution is -2.35. The van der Waals surface area contributed by atoms with E-state index in [9.17, 15) is 4.79 Å². The van der Waals surface area contributed by atoms with E-state index in [0.29, 0.717) is 30.9 Å². The van der Waals surface area contributed by atoms with Crippen molar-refractivity contribution in [1.29, 1.82) is 0 Å². The van der Waals surface area contributed by atoms with Crippen LogP contribution in [0.25, 0.3) is 0 Å². The maximum absolute atomic E-state index is 12.7. The van der Waals surface area contributed by atoms with Crippen molar-refractivity contribution in [2.45, 2.75) is 13.0 Å². The van der Waals surface area contributed by atoms with Crippen LogP contribution in [0.1, 0.15) is 12.0 Å². The molecular weight excluding hydrogens is 354 g/mol. The van der Waals surface area contributed by atoms with Crippen LogP contribution >= 0.6 is 0 Å². The van der Waals surface area contributed by atoms with Crippen molar-refractivity contribution in [3.05, 3.63) is 84.7 Å². The molecule has 2 aromatic carbocycles. The summed E-state index contributed by atoms with van der Waals surface area (Å²) in [6.45, 7) is 0.940. The van der Waals surface area contributed by atoms with Gasteiger partial charge in [0.05, 0.1) is 0 Å². The Morgan fingerprint density at radius 1 is 0.964 bits per heavy atom. The number of aliphatic hydroxyl groups excluding tert-OH is 1. The Morgan fingerprint density at radius 2 is 1.64 bits per heavy atom. The molecule has 3 rings (SSSR count). The number of para-hydroxylation sites is 1. The van der Waals surface area contributed by atoms with E-state index in [-0.39, 0.29) is 12.6 Å². The Morgan fingerprint density at radius 3 is 2.32 bits per heavy atom. The van der Waals surface area contributed by atoms with Crippen LogP contribution in [-0.2, 0) is 6.54 Å². The SMILES string of the molecule is O=C(Nc1ccc(Oc2ccccc2)cc1)N(CCCO)Cc1ccncc1. The van der Waals surface area contributed by atoms with Gasteiger partial charge in [0.15, 0.2) is 0 Å². The van der Waals surface area contributed by atoms with E-state index >= 15 is 0 Å². The minimum atomic E-state index is -0.220. The number of benzene rings is 2. The number of hydrogen-bond acceptors (Lipinski definition) is 4. The molecule has 6 nitrogen and oxygen atoms in total. The summed E-state index contributed by atoms with van der Waals surface area (Å²) >= 11 is 0. The van der Waals surface area contributed by atoms with Crippen LogP contribution in [0.2, 0.25) is 0 Å². The van der Waals surface area contributed by atoms with Gasteiger partial charge in [0, 0.05) is 37.8 Å². The van der Waals surface area contributed by atoms with Gasteiger partial charge in [-0.25, -0.2) is 4.79 Å². The largest absolute Gasteiger partial charge is 0.457 e. The molecule has 0 atom stereocenters. The fourth-order valence-electron chi connectivity index (χ4n) is 2.66. The number of ether oxygens (including phenoxy) is 1. The molecule has 1 aromatic heterocycles. The maximum Gasteiger partial charge on any atom is 0.322 e. The molecule has 6 heteroatoms. The summed E-state index contributed by atoms with van der Waals surface area (Å²) in [5.74, 6) is 1.45. The van der Waals surface area contributed by atoms with Gasteiger partial charge >= 0.3 is 6.03 Å². The lowest BCUT2D eigenvalue weighted by atomic mass is 10.2.